The van der Waals surface area contributed by atoms with Crippen molar-refractivity contribution in [3.8, 4) is 0 Å². The summed E-state index contributed by atoms with van der Waals surface area (Å²) in [5, 5.41) is 2.62. The number of hydrogen-bond acceptors (Lipinski definition) is 2. The fourth-order valence-corrected chi connectivity index (χ4v) is 0.479. The average molecular weight is 159 g/mol. The molecule has 11 heavy (non-hydrogen) atoms. The molecule has 1 amide bonds. The Labute approximate surface area is 68.1 Å². The Morgan fingerprint density at radius 3 is 2.18 bits per heavy atom. The van der Waals surface area contributed by atoms with Crippen LogP contribution in [-0.4, -0.2) is 25.7 Å². The van der Waals surface area contributed by atoms with Gasteiger partial charge < -0.3 is 10.1 Å². The molecular weight excluding hydrogens is 142 g/mol. The first-order valence-corrected chi connectivity index (χ1v) is 3.97. The minimum Gasteiger partial charge on any atom is -0.370 e. The summed E-state index contributed by atoms with van der Waals surface area (Å²) < 4.78 is 4.77. The van der Waals surface area contributed by atoms with Crippen LogP contribution in [0.15, 0.2) is 0 Å². The van der Waals surface area contributed by atoms with E-state index in [1.807, 2.05) is 0 Å². The van der Waals surface area contributed by atoms with Gasteiger partial charge in [0, 0.05) is 6.54 Å². The molecule has 0 radical (unpaired) electrons. The monoisotopic (exact) mass is 159 g/mol. The van der Waals surface area contributed by atoms with E-state index in [-0.39, 0.29) is 12.5 Å². The van der Waals surface area contributed by atoms with Gasteiger partial charge in [0.25, 0.3) is 0 Å². The number of rotatable bonds is 0. The lowest BCUT2D eigenvalue weighted by atomic mass is 10.3. The second kappa shape index (κ2) is 6.16. The Bertz CT molecular complexity index is 102. The van der Waals surface area contributed by atoms with E-state index in [9.17, 15) is 4.79 Å². The third-order valence-corrected chi connectivity index (χ3v) is 0.802. The Morgan fingerprint density at radius 1 is 1.45 bits per heavy atom. The van der Waals surface area contributed by atoms with Gasteiger partial charge >= 0.3 is 0 Å². The summed E-state index contributed by atoms with van der Waals surface area (Å²) in [5.41, 5.74) is 0. The van der Waals surface area contributed by atoms with Crippen molar-refractivity contribution in [1.29, 1.82) is 0 Å². The normalized spacial score (nSPS) is 16.9. The molecule has 1 rings (SSSR count). The van der Waals surface area contributed by atoms with Crippen LogP contribution in [0.2, 0.25) is 0 Å². The van der Waals surface area contributed by atoms with Crippen molar-refractivity contribution >= 4 is 5.91 Å². The predicted molar refractivity (Wildman–Crippen MR) is 44.3 cm³/mol. The number of morpholine rings is 1. The molecule has 0 aromatic heterocycles. The third kappa shape index (κ3) is 9.43. The van der Waals surface area contributed by atoms with Crippen LogP contribution in [0.4, 0.5) is 0 Å². The highest BCUT2D eigenvalue weighted by Gasteiger charge is 2.04. The molecule has 0 spiro atoms. The first kappa shape index (κ1) is 10.4. The molecule has 3 nitrogen and oxygen atoms in total. The van der Waals surface area contributed by atoms with Gasteiger partial charge in [0.15, 0.2) is 0 Å². The van der Waals surface area contributed by atoms with E-state index < -0.39 is 0 Å². The molecule has 0 aliphatic carbocycles. The van der Waals surface area contributed by atoms with Crippen LogP contribution in [0.3, 0.4) is 0 Å². The van der Waals surface area contributed by atoms with E-state index in [1.165, 1.54) is 0 Å². The van der Waals surface area contributed by atoms with Gasteiger partial charge in [-0.1, -0.05) is 20.8 Å². The second-order valence-corrected chi connectivity index (χ2v) is 3.13. The maximum absolute atomic E-state index is 10.2. The second-order valence-electron chi connectivity index (χ2n) is 3.13. The van der Waals surface area contributed by atoms with E-state index >= 15 is 0 Å². The molecule has 0 aromatic rings. The summed E-state index contributed by atoms with van der Waals surface area (Å²) in [4.78, 5) is 10.2. The Balaban J connectivity index is 0.000000218. The van der Waals surface area contributed by atoms with Crippen molar-refractivity contribution < 1.29 is 9.53 Å². The molecule has 0 bridgehead atoms. The van der Waals surface area contributed by atoms with Crippen molar-refractivity contribution in [2.75, 3.05) is 19.8 Å². The van der Waals surface area contributed by atoms with Gasteiger partial charge in [0.1, 0.15) is 6.61 Å². The number of amides is 1. The number of ether oxygens (including phenoxy) is 1. The number of nitrogens with one attached hydrogen (secondary N) is 1. The molecular formula is C8H17NO2. The van der Waals surface area contributed by atoms with Crippen molar-refractivity contribution in [1.82, 2.24) is 5.32 Å². The van der Waals surface area contributed by atoms with Gasteiger partial charge in [0.05, 0.1) is 6.61 Å². The Hall–Kier alpha value is -0.570. The Morgan fingerprint density at radius 2 is 2.00 bits per heavy atom. The van der Waals surface area contributed by atoms with Crippen molar-refractivity contribution in [3.63, 3.8) is 0 Å². The van der Waals surface area contributed by atoms with Crippen molar-refractivity contribution in [3.05, 3.63) is 0 Å². The number of carbonyl (C=O) groups excluding carboxylic acids is 1. The molecule has 1 N–H and O–H groups in total. The van der Waals surface area contributed by atoms with Crippen molar-refractivity contribution in [2.45, 2.75) is 20.8 Å². The van der Waals surface area contributed by atoms with Crippen LogP contribution >= 0.6 is 0 Å². The molecule has 66 valence electrons. The highest BCUT2D eigenvalue weighted by atomic mass is 16.5. The van der Waals surface area contributed by atoms with Crippen molar-refractivity contribution in [2.24, 2.45) is 5.92 Å². The number of carbonyl (C=O) groups is 1. The van der Waals surface area contributed by atoms with E-state index in [4.69, 9.17) is 4.74 Å². The molecule has 1 aliphatic heterocycles. The van der Waals surface area contributed by atoms with Crippen LogP contribution in [0.1, 0.15) is 20.8 Å². The minimum atomic E-state index is -0.00810. The van der Waals surface area contributed by atoms with Gasteiger partial charge in [-0.3, -0.25) is 4.79 Å². The molecule has 1 aliphatic rings. The maximum Gasteiger partial charge on any atom is 0.246 e. The van der Waals surface area contributed by atoms with Gasteiger partial charge in [0.2, 0.25) is 5.91 Å². The molecule has 0 saturated carbocycles. The first-order chi connectivity index (χ1) is 5.13. The third-order valence-electron chi connectivity index (χ3n) is 0.802. The van der Waals surface area contributed by atoms with Gasteiger partial charge in [-0.15, -0.1) is 0 Å². The van der Waals surface area contributed by atoms with Gasteiger partial charge in [-0.05, 0) is 5.92 Å². The summed E-state index contributed by atoms with van der Waals surface area (Å²) in [7, 11) is 0. The summed E-state index contributed by atoms with van der Waals surface area (Å²) in [5.74, 6) is 0.825. The molecule has 3 heteroatoms. The van der Waals surface area contributed by atoms with E-state index in [1.54, 1.807) is 0 Å². The fourth-order valence-electron chi connectivity index (χ4n) is 0.479. The lowest BCUT2D eigenvalue weighted by molar-refractivity contribution is -0.128. The summed E-state index contributed by atoms with van der Waals surface area (Å²) in [6.45, 7) is 8.06. The average Bonchev–Trinajstić information content (AvgIpc) is 1.87. The van der Waals surface area contributed by atoms with E-state index in [0.717, 1.165) is 5.92 Å². The predicted octanol–water partition coefficient (Wildman–Crippen LogP) is 0.795. The minimum absolute atomic E-state index is 0.00810. The standard InChI is InChI=1S/C4H7NO2.C4H10/c6-4-3-7-2-1-5-4;1-4(2)3/h1-3H2,(H,5,6);4H,1-3H3. The fraction of sp³-hybridized carbons (Fsp3) is 0.875. The first-order valence-electron chi connectivity index (χ1n) is 3.97. The lowest BCUT2D eigenvalue weighted by Gasteiger charge is -2.10. The molecule has 0 unspecified atom stereocenters. The Kier molecular flexibility index (Phi) is 5.84. The summed E-state index contributed by atoms with van der Waals surface area (Å²) in [6.07, 6.45) is 0. The van der Waals surface area contributed by atoms with E-state index in [2.05, 4.69) is 26.1 Å². The molecule has 1 fully saturated rings. The summed E-state index contributed by atoms with van der Waals surface area (Å²) in [6, 6.07) is 0. The van der Waals surface area contributed by atoms with Crippen LogP contribution in [0.25, 0.3) is 0 Å². The quantitative estimate of drug-likeness (QED) is 0.567. The smallest absolute Gasteiger partial charge is 0.246 e. The maximum atomic E-state index is 10.2. The molecule has 0 atom stereocenters. The van der Waals surface area contributed by atoms with Crippen LogP contribution in [0.5, 0.6) is 0 Å². The van der Waals surface area contributed by atoms with Gasteiger partial charge in [-0.2, -0.15) is 0 Å². The van der Waals surface area contributed by atoms with Gasteiger partial charge in [-0.25, -0.2) is 0 Å². The lowest BCUT2D eigenvalue weighted by Crippen LogP contribution is -2.36. The van der Waals surface area contributed by atoms with Crippen LogP contribution in [0, 0.1) is 5.92 Å². The zero-order chi connectivity index (χ0) is 8.69. The molecule has 1 heterocycles. The van der Waals surface area contributed by atoms with E-state index in [0.29, 0.717) is 13.2 Å². The topological polar surface area (TPSA) is 38.3 Å². The van der Waals surface area contributed by atoms with Crippen LogP contribution in [-0.2, 0) is 9.53 Å². The SMILES string of the molecule is CC(C)C.O=C1COCCN1. The summed E-state index contributed by atoms with van der Waals surface area (Å²) >= 11 is 0. The number of hydrogen-bond donors (Lipinski definition) is 1. The highest BCUT2D eigenvalue weighted by Crippen LogP contribution is 1.81. The highest BCUT2D eigenvalue weighted by molar-refractivity contribution is 5.77. The largest absolute Gasteiger partial charge is 0.370 e. The van der Waals surface area contributed by atoms with Crippen LogP contribution < -0.4 is 5.32 Å². The molecule has 1 saturated heterocycles. The molecule has 0 aromatic carbocycles. The zero-order valence-corrected chi connectivity index (χ0v) is 7.52. The zero-order valence-electron chi connectivity index (χ0n) is 7.52.